The third-order valence-corrected chi connectivity index (χ3v) is 6.26. The summed E-state index contributed by atoms with van der Waals surface area (Å²) in [5.41, 5.74) is 4.17. The van der Waals surface area contributed by atoms with E-state index in [2.05, 4.69) is 40.6 Å². The Morgan fingerprint density at radius 3 is 2.72 bits per heavy atom. The first-order valence-electron chi connectivity index (χ1n) is 10.3. The maximum absolute atomic E-state index is 14.1. The molecular formula is C23H29FN4O. The van der Waals surface area contributed by atoms with Gasteiger partial charge in [-0.15, -0.1) is 0 Å². The Kier molecular flexibility index (Phi) is 5.46. The standard InChI is InChI=1S/C23H29FN4O/c1-15-7-8-20(24)19-14-21(26-22(15)19)23(29)25-16-5-4-6-18(13-16)28(3)17-9-11-27(2)12-10-17/h4-8,13,17,21,26H,9-12,14H2,1-3H3,(H,25,29). The van der Waals surface area contributed by atoms with Crippen LogP contribution in [0.25, 0.3) is 0 Å². The van der Waals surface area contributed by atoms with Crippen molar-refractivity contribution in [3.05, 3.63) is 53.3 Å². The predicted molar refractivity (Wildman–Crippen MR) is 116 cm³/mol. The average molecular weight is 397 g/mol. The van der Waals surface area contributed by atoms with Crippen LogP contribution in [0.2, 0.25) is 0 Å². The first-order valence-corrected chi connectivity index (χ1v) is 10.3. The lowest BCUT2D eigenvalue weighted by molar-refractivity contribution is -0.116. The number of hydrogen-bond acceptors (Lipinski definition) is 4. The molecule has 2 N–H and O–H groups in total. The summed E-state index contributed by atoms with van der Waals surface area (Å²) in [6, 6.07) is 11.2. The van der Waals surface area contributed by atoms with Crippen LogP contribution >= 0.6 is 0 Å². The monoisotopic (exact) mass is 396 g/mol. The summed E-state index contributed by atoms with van der Waals surface area (Å²) in [5.74, 6) is -0.394. The highest BCUT2D eigenvalue weighted by molar-refractivity contribution is 5.98. The van der Waals surface area contributed by atoms with E-state index in [-0.39, 0.29) is 11.7 Å². The van der Waals surface area contributed by atoms with Crippen molar-refractivity contribution in [1.29, 1.82) is 0 Å². The van der Waals surface area contributed by atoms with E-state index >= 15 is 0 Å². The fraction of sp³-hybridized carbons (Fsp3) is 0.435. The lowest BCUT2D eigenvalue weighted by atomic mass is 10.0. The second-order valence-corrected chi connectivity index (χ2v) is 8.30. The molecule has 1 amide bonds. The van der Waals surface area contributed by atoms with Crippen molar-refractivity contribution >= 4 is 23.0 Å². The van der Waals surface area contributed by atoms with Crippen LogP contribution in [0.3, 0.4) is 0 Å². The summed E-state index contributed by atoms with van der Waals surface area (Å²) in [5, 5.41) is 6.19. The molecule has 0 radical (unpaired) electrons. The molecule has 0 saturated carbocycles. The van der Waals surface area contributed by atoms with E-state index in [0.717, 1.165) is 48.6 Å². The smallest absolute Gasteiger partial charge is 0.247 e. The van der Waals surface area contributed by atoms with Gasteiger partial charge in [0, 0.05) is 42.1 Å². The van der Waals surface area contributed by atoms with E-state index < -0.39 is 6.04 Å². The van der Waals surface area contributed by atoms with Crippen LogP contribution in [0.5, 0.6) is 0 Å². The van der Waals surface area contributed by atoms with Crippen LogP contribution in [0, 0.1) is 12.7 Å². The fourth-order valence-electron chi connectivity index (χ4n) is 4.35. The van der Waals surface area contributed by atoms with Crippen molar-refractivity contribution in [2.24, 2.45) is 0 Å². The van der Waals surface area contributed by atoms with Crippen molar-refractivity contribution < 1.29 is 9.18 Å². The molecular weight excluding hydrogens is 367 g/mol. The minimum atomic E-state index is -0.462. The molecule has 1 saturated heterocycles. The van der Waals surface area contributed by atoms with Gasteiger partial charge in [0.15, 0.2) is 0 Å². The van der Waals surface area contributed by atoms with Crippen molar-refractivity contribution in [1.82, 2.24) is 4.90 Å². The van der Waals surface area contributed by atoms with Crippen molar-refractivity contribution in [3.63, 3.8) is 0 Å². The zero-order valence-corrected chi connectivity index (χ0v) is 17.3. The molecule has 0 bridgehead atoms. The van der Waals surface area contributed by atoms with E-state index in [1.807, 2.05) is 25.1 Å². The van der Waals surface area contributed by atoms with Gasteiger partial charge in [-0.2, -0.15) is 0 Å². The van der Waals surface area contributed by atoms with Crippen molar-refractivity contribution in [2.75, 3.05) is 42.7 Å². The molecule has 2 aromatic carbocycles. The number of carbonyl (C=O) groups excluding carboxylic acids is 1. The predicted octanol–water partition coefficient (Wildman–Crippen LogP) is 3.64. The molecule has 154 valence electrons. The van der Waals surface area contributed by atoms with Gasteiger partial charge >= 0.3 is 0 Å². The highest BCUT2D eigenvalue weighted by atomic mass is 19.1. The molecule has 0 spiro atoms. The number of fused-ring (bicyclic) bond motifs is 1. The van der Waals surface area contributed by atoms with Gasteiger partial charge in [0.05, 0.1) is 0 Å². The first-order chi connectivity index (χ1) is 13.9. The maximum Gasteiger partial charge on any atom is 0.247 e. The van der Waals surface area contributed by atoms with E-state index in [0.29, 0.717) is 18.0 Å². The van der Waals surface area contributed by atoms with Gasteiger partial charge in [-0.05, 0) is 69.7 Å². The Hall–Kier alpha value is -2.60. The maximum atomic E-state index is 14.1. The summed E-state index contributed by atoms with van der Waals surface area (Å²) in [6.45, 7) is 4.14. The Balaban J connectivity index is 1.43. The average Bonchev–Trinajstić information content (AvgIpc) is 3.18. The number of amides is 1. The quantitative estimate of drug-likeness (QED) is 0.828. The zero-order chi connectivity index (χ0) is 20.5. The van der Waals surface area contributed by atoms with Gasteiger partial charge in [0.25, 0.3) is 0 Å². The molecule has 2 heterocycles. The minimum absolute atomic E-state index is 0.140. The Labute approximate surface area is 171 Å². The first kappa shape index (κ1) is 19.7. The highest BCUT2D eigenvalue weighted by Gasteiger charge is 2.30. The second-order valence-electron chi connectivity index (χ2n) is 8.30. The molecule has 1 fully saturated rings. The molecule has 5 nitrogen and oxygen atoms in total. The van der Waals surface area contributed by atoms with Gasteiger partial charge in [-0.1, -0.05) is 12.1 Å². The summed E-state index contributed by atoms with van der Waals surface area (Å²) in [4.78, 5) is 17.5. The van der Waals surface area contributed by atoms with Crippen molar-refractivity contribution in [2.45, 2.75) is 38.3 Å². The van der Waals surface area contributed by atoms with E-state index in [4.69, 9.17) is 0 Å². The molecule has 1 unspecified atom stereocenters. The number of carbonyl (C=O) groups is 1. The Morgan fingerprint density at radius 1 is 1.24 bits per heavy atom. The summed E-state index contributed by atoms with van der Waals surface area (Å²) in [6.07, 6.45) is 2.64. The molecule has 29 heavy (non-hydrogen) atoms. The van der Waals surface area contributed by atoms with Crippen molar-refractivity contribution in [3.8, 4) is 0 Å². The largest absolute Gasteiger partial charge is 0.373 e. The Morgan fingerprint density at radius 2 is 2.00 bits per heavy atom. The molecule has 2 aromatic rings. The molecule has 0 aliphatic carbocycles. The number of aryl methyl sites for hydroxylation is 1. The third-order valence-electron chi connectivity index (χ3n) is 6.26. The number of nitrogens with one attached hydrogen (secondary N) is 2. The number of piperidine rings is 1. The van der Waals surface area contributed by atoms with Gasteiger partial charge in [0.2, 0.25) is 5.91 Å². The molecule has 2 aliphatic rings. The molecule has 2 aliphatic heterocycles. The van der Waals surface area contributed by atoms with Crippen LogP contribution in [-0.2, 0) is 11.2 Å². The summed E-state index contributed by atoms with van der Waals surface area (Å²) >= 11 is 0. The molecule has 4 rings (SSSR count). The minimum Gasteiger partial charge on any atom is -0.373 e. The topological polar surface area (TPSA) is 47.6 Å². The lowest BCUT2D eigenvalue weighted by Crippen LogP contribution is -2.42. The zero-order valence-electron chi connectivity index (χ0n) is 17.3. The SMILES string of the molecule is Cc1ccc(F)c2c1NC(C(=O)Nc1cccc(N(C)C3CCN(C)CC3)c1)C2. The molecule has 1 atom stereocenters. The normalized spacial score (nSPS) is 19.5. The van der Waals surface area contributed by atoms with Gasteiger partial charge in [-0.25, -0.2) is 4.39 Å². The van der Waals surface area contributed by atoms with Gasteiger partial charge < -0.3 is 20.4 Å². The van der Waals surface area contributed by atoms with Crippen LogP contribution in [0.4, 0.5) is 21.5 Å². The number of hydrogen-bond donors (Lipinski definition) is 2. The number of nitrogens with zero attached hydrogens (tertiary/aromatic N) is 2. The third kappa shape index (κ3) is 4.08. The number of rotatable bonds is 4. The summed E-state index contributed by atoms with van der Waals surface area (Å²) < 4.78 is 14.1. The molecule has 0 aromatic heterocycles. The number of halogens is 1. The lowest BCUT2D eigenvalue weighted by Gasteiger charge is -2.36. The van der Waals surface area contributed by atoms with E-state index in [1.54, 1.807) is 6.07 Å². The highest BCUT2D eigenvalue weighted by Crippen LogP contribution is 2.32. The Bertz CT molecular complexity index is 877. The van der Waals surface area contributed by atoms with Crippen LogP contribution < -0.4 is 15.5 Å². The number of likely N-dealkylation sites (tertiary alicyclic amines) is 1. The fourth-order valence-corrected chi connectivity index (χ4v) is 4.35. The van der Waals surface area contributed by atoms with Crippen LogP contribution in [-0.4, -0.2) is 50.1 Å². The van der Waals surface area contributed by atoms with Gasteiger partial charge in [0.1, 0.15) is 11.9 Å². The molecule has 6 heteroatoms. The van der Waals surface area contributed by atoms with Crippen LogP contribution in [0.15, 0.2) is 36.4 Å². The van der Waals surface area contributed by atoms with E-state index in [1.165, 1.54) is 6.07 Å². The van der Waals surface area contributed by atoms with Crippen LogP contribution in [0.1, 0.15) is 24.0 Å². The number of benzene rings is 2. The van der Waals surface area contributed by atoms with Gasteiger partial charge in [-0.3, -0.25) is 4.79 Å². The second kappa shape index (κ2) is 8.03. The van der Waals surface area contributed by atoms with E-state index in [9.17, 15) is 9.18 Å². The summed E-state index contributed by atoms with van der Waals surface area (Å²) in [7, 11) is 4.28. The number of anilines is 3.